The van der Waals surface area contributed by atoms with Crippen LogP contribution >= 0.6 is 0 Å². The second kappa shape index (κ2) is 12.3. The van der Waals surface area contributed by atoms with Crippen LogP contribution in [0.15, 0.2) is 54.9 Å². The third-order valence-corrected chi connectivity index (χ3v) is 6.27. The number of carbonyl (C=O) groups is 2. The zero-order valence-corrected chi connectivity index (χ0v) is 20.5. The Labute approximate surface area is 210 Å². The van der Waals surface area contributed by atoms with Crippen molar-refractivity contribution in [2.24, 2.45) is 0 Å². The van der Waals surface area contributed by atoms with Crippen molar-refractivity contribution < 1.29 is 23.5 Å². The molecule has 3 aromatic rings. The molecule has 0 saturated carbocycles. The highest BCUT2D eigenvalue weighted by Crippen LogP contribution is 2.31. The summed E-state index contributed by atoms with van der Waals surface area (Å²) in [6.45, 7) is 3.63. The van der Waals surface area contributed by atoms with Crippen LogP contribution < -0.4 is 14.8 Å². The van der Waals surface area contributed by atoms with Crippen molar-refractivity contribution >= 4 is 11.7 Å². The van der Waals surface area contributed by atoms with Gasteiger partial charge in [0.05, 0.1) is 6.04 Å². The van der Waals surface area contributed by atoms with Crippen LogP contribution in [0.25, 0.3) is 0 Å². The van der Waals surface area contributed by atoms with Gasteiger partial charge in [-0.05, 0) is 68.1 Å². The van der Waals surface area contributed by atoms with Crippen LogP contribution in [0.1, 0.15) is 53.8 Å². The number of hydrogen-bond donors (Lipinski definition) is 1. The number of nitrogens with one attached hydrogen (secondary N) is 1. The molecule has 2 aromatic carbocycles. The molecule has 0 radical (unpaired) electrons. The largest absolute Gasteiger partial charge is 0.486 e. The Morgan fingerprint density at radius 3 is 2.53 bits per heavy atom. The van der Waals surface area contributed by atoms with E-state index in [4.69, 9.17) is 9.47 Å². The van der Waals surface area contributed by atoms with E-state index in [1.165, 1.54) is 24.3 Å². The van der Waals surface area contributed by atoms with Crippen molar-refractivity contribution in [1.29, 1.82) is 0 Å². The summed E-state index contributed by atoms with van der Waals surface area (Å²) in [6, 6.07) is 11.4. The van der Waals surface area contributed by atoms with E-state index in [1.54, 1.807) is 6.20 Å². The highest BCUT2D eigenvalue weighted by atomic mass is 19.1. The number of amides is 1. The van der Waals surface area contributed by atoms with Crippen molar-refractivity contribution in [2.45, 2.75) is 58.0 Å². The predicted molar refractivity (Wildman–Crippen MR) is 134 cm³/mol. The summed E-state index contributed by atoms with van der Waals surface area (Å²) >= 11 is 0. The van der Waals surface area contributed by atoms with Crippen LogP contribution in [0.2, 0.25) is 0 Å². The molecule has 4 rings (SSSR count). The lowest BCUT2D eigenvalue weighted by Crippen LogP contribution is -2.39. The molecule has 1 amide bonds. The van der Waals surface area contributed by atoms with E-state index >= 15 is 0 Å². The minimum Gasteiger partial charge on any atom is -0.486 e. The number of nitrogens with zero attached hydrogens (tertiary/aromatic N) is 2. The molecule has 0 spiro atoms. The molecule has 1 atom stereocenters. The second-order valence-corrected chi connectivity index (χ2v) is 9.06. The number of rotatable bonds is 12. The van der Waals surface area contributed by atoms with Gasteiger partial charge in [-0.1, -0.05) is 12.5 Å². The number of imidazole rings is 1. The molecule has 2 heterocycles. The molecule has 1 aliphatic heterocycles. The van der Waals surface area contributed by atoms with Gasteiger partial charge in [0, 0.05) is 37.3 Å². The van der Waals surface area contributed by atoms with Crippen LogP contribution in [0.4, 0.5) is 4.39 Å². The number of Topliss-reactive ketones (excluding diaryl/α,β-unsaturated/α-hetero) is 1. The van der Waals surface area contributed by atoms with Crippen molar-refractivity contribution in [3.05, 3.63) is 77.6 Å². The number of benzene rings is 2. The summed E-state index contributed by atoms with van der Waals surface area (Å²) in [5.41, 5.74) is 1.58. The Balaban J connectivity index is 1.27. The number of unbranched alkanes of at least 4 members (excludes halogenated alkanes) is 2. The van der Waals surface area contributed by atoms with Crippen molar-refractivity contribution in [1.82, 2.24) is 14.9 Å². The summed E-state index contributed by atoms with van der Waals surface area (Å²) in [5.74, 6) is 2.00. The zero-order chi connectivity index (χ0) is 25.3. The predicted octanol–water partition coefficient (Wildman–Crippen LogP) is 4.66. The minimum atomic E-state index is -0.354. The third kappa shape index (κ3) is 7.16. The van der Waals surface area contributed by atoms with E-state index in [0.717, 1.165) is 29.3 Å². The molecular formula is C28H32FN3O4. The van der Waals surface area contributed by atoms with Crippen molar-refractivity contribution in [3.63, 3.8) is 0 Å². The van der Waals surface area contributed by atoms with E-state index in [9.17, 15) is 14.0 Å². The van der Waals surface area contributed by atoms with E-state index in [2.05, 4.69) is 10.3 Å². The molecule has 0 unspecified atom stereocenters. The van der Waals surface area contributed by atoms with Crippen molar-refractivity contribution in [3.8, 4) is 11.5 Å². The van der Waals surface area contributed by atoms with Gasteiger partial charge < -0.3 is 19.4 Å². The van der Waals surface area contributed by atoms with Gasteiger partial charge in [-0.25, -0.2) is 9.37 Å². The molecule has 1 N–H and O–H groups in total. The first-order valence-corrected chi connectivity index (χ1v) is 12.4. The Kier molecular flexibility index (Phi) is 8.71. The fraction of sp³-hybridized carbons (Fsp3) is 0.393. The molecule has 0 bridgehead atoms. The van der Waals surface area contributed by atoms with Crippen LogP contribution in [0, 0.1) is 12.7 Å². The molecule has 0 fully saturated rings. The molecule has 36 heavy (non-hydrogen) atoms. The van der Waals surface area contributed by atoms with Crippen molar-refractivity contribution in [2.75, 3.05) is 13.2 Å². The summed E-state index contributed by atoms with van der Waals surface area (Å²) in [6.07, 6.45) is 7.26. The van der Waals surface area contributed by atoms with Gasteiger partial charge in [0.15, 0.2) is 17.3 Å². The molecular weight excluding hydrogens is 461 g/mol. The van der Waals surface area contributed by atoms with Crippen LogP contribution in [0.3, 0.4) is 0 Å². The number of aromatic nitrogens is 2. The van der Waals surface area contributed by atoms with Crippen LogP contribution in [-0.4, -0.2) is 40.5 Å². The summed E-state index contributed by atoms with van der Waals surface area (Å²) in [5, 5.41) is 3.18. The van der Waals surface area contributed by atoms with Crippen LogP contribution in [0.5, 0.6) is 11.5 Å². The van der Waals surface area contributed by atoms with Gasteiger partial charge in [-0.2, -0.15) is 0 Å². The lowest BCUT2D eigenvalue weighted by molar-refractivity contribution is -0.122. The lowest BCUT2D eigenvalue weighted by Gasteiger charge is -2.22. The smallest absolute Gasteiger partial charge is 0.220 e. The number of ether oxygens (including phenoxy) is 2. The van der Waals surface area contributed by atoms with Gasteiger partial charge in [0.25, 0.3) is 0 Å². The normalized spacial score (nSPS) is 13.3. The summed E-state index contributed by atoms with van der Waals surface area (Å²) < 4.78 is 26.4. The quantitative estimate of drug-likeness (QED) is 0.293. The van der Waals surface area contributed by atoms with Gasteiger partial charge >= 0.3 is 0 Å². The number of halogens is 1. The molecule has 0 saturated heterocycles. The topological polar surface area (TPSA) is 82.4 Å². The maximum atomic E-state index is 13.0. The van der Waals surface area contributed by atoms with E-state index in [1.807, 2.05) is 35.9 Å². The van der Waals surface area contributed by atoms with Crippen LogP contribution in [-0.2, 0) is 17.8 Å². The van der Waals surface area contributed by atoms with Gasteiger partial charge in [0.2, 0.25) is 5.91 Å². The Morgan fingerprint density at radius 2 is 1.78 bits per heavy atom. The third-order valence-electron chi connectivity index (χ3n) is 6.27. The highest BCUT2D eigenvalue weighted by Gasteiger charge is 2.18. The molecule has 1 aromatic heterocycles. The van der Waals surface area contributed by atoms with E-state index in [-0.39, 0.29) is 23.5 Å². The molecule has 0 aliphatic carbocycles. The highest BCUT2D eigenvalue weighted by molar-refractivity contribution is 5.95. The van der Waals surface area contributed by atoms with Gasteiger partial charge in [-0.15, -0.1) is 0 Å². The summed E-state index contributed by atoms with van der Waals surface area (Å²) in [7, 11) is 0. The molecule has 1 aliphatic rings. The first-order valence-electron chi connectivity index (χ1n) is 12.4. The molecule has 7 nitrogen and oxygen atoms in total. The zero-order valence-electron chi connectivity index (χ0n) is 20.5. The number of hydrogen-bond acceptors (Lipinski definition) is 5. The number of carbonyl (C=O) groups excluding carboxylic acids is 2. The SMILES string of the molecule is Cc1nccn1C[C@H](Cc1ccc2c(c1)OCCO2)NC(=O)CCCCCC(=O)c1ccc(F)cc1. The van der Waals surface area contributed by atoms with Gasteiger partial charge in [-0.3, -0.25) is 9.59 Å². The lowest BCUT2D eigenvalue weighted by atomic mass is 10.0. The first kappa shape index (κ1) is 25.4. The monoisotopic (exact) mass is 493 g/mol. The molecule has 8 heteroatoms. The minimum absolute atomic E-state index is 0.00496. The Bertz CT molecular complexity index is 1180. The average molecular weight is 494 g/mol. The second-order valence-electron chi connectivity index (χ2n) is 9.06. The number of aryl methyl sites for hydroxylation is 1. The first-order chi connectivity index (χ1) is 17.5. The molecule has 190 valence electrons. The van der Waals surface area contributed by atoms with E-state index < -0.39 is 0 Å². The van der Waals surface area contributed by atoms with E-state index in [0.29, 0.717) is 57.4 Å². The maximum Gasteiger partial charge on any atom is 0.220 e. The maximum absolute atomic E-state index is 13.0. The Hall–Kier alpha value is -3.68. The fourth-order valence-electron chi connectivity index (χ4n) is 4.32. The van der Waals surface area contributed by atoms with Gasteiger partial charge in [0.1, 0.15) is 24.9 Å². The Morgan fingerprint density at radius 1 is 1.03 bits per heavy atom. The number of ketones is 1. The average Bonchev–Trinajstić information content (AvgIpc) is 3.28. The fourth-order valence-corrected chi connectivity index (χ4v) is 4.32. The standard InChI is InChI=1S/C28H32FN3O4/c1-20-30-13-14-32(20)19-24(17-21-7-12-26-27(18-21)36-16-15-35-26)31-28(34)6-4-2-3-5-25(33)22-8-10-23(29)11-9-22/h7-14,18,24H,2-6,15-17,19H2,1H3,(H,31,34)/t24-/m0/s1. The summed E-state index contributed by atoms with van der Waals surface area (Å²) in [4.78, 5) is 29.3. The number of fused-ring (bicyclic) bond motifs is 1.